The van der Waals surface area contributed by atoms with Gasteiger partial charge in [0, 0.05) is 29.4 Å². The summed E-state index contributed by atoms with van der Waals surface area (Å²) in [6.07, 6.45) is 1.95. The zero-order valence-electron chi connectivity index (χ0n) is 23.0. The van der Waals surface area contributed by atoms with E-state index in [1.54, 1.807) is 7.11 Å². The van der Waals surface area contributed by atoms with Crippen LogP contribution in [-0.4, -0.2) is 22.9 Å². The third-order valence-electron chi connectivity index (χ3n) is 7.49. The normalized spacial score (nSPS) is 16.0. The molecule has 1 aromatic heterocycles. The number of H-pyrrole nitrogens is 1. The van der Waals surface area contributed by atoms with E-state index in [9.17, 15) is 9.59 Å². The second kappa shape index (κ2) is 11.7. The predicted molar refractivity (Wildman–Crippen MR) is 161 cm³/mol. The molecule has 0 saturated heterocycles. The summed E-state index contributed by atoms with van der Waals surface area (Å²) in [6, 6.07) is 23.8. The Labute approximate surface area is 243 Å². The molecule has 0 saturated carbocycles. The number of Topliss-reactive ketones (excluding diaryl/α,β-unsaturated/α-hetero) is 1. The number of nitrogens with one attached hydrogen (secondary N) is 2. The van der Waals surface area contributed by atoms with Gasteiger partial charge in [0.25, 0.3) is 5.56 Å². The van der Waals surface area contributed by atoms with Crippen LogP contribution in [0.15, 0.2) is 94.0 Å². The zero-order valence-corrected chi connectivity index (χ0v) is 23.8. The number of methoxy groups -OCH3 is 1. The van der Waals surface area contributed by atoms with Crippen molar-refractivity contribution in [3.63, 3.8) is 0 Å². The van der Waals surface area contributed by atoms with E-state index in [0.717, 1.165) is 35.2 Å². The lowest BCUT2D eigenvalue weighted by Gasteiger charge is -2.33. The molecular formula is C33H31N3O4S. The Bertz CT molecular complexity index is 1680. The maximum absolute atomic E-state index is 13.6. The van der Waals surface area contributed by atoms with Crippen molar-refractivity contribution in [1.82, 2.24) is 9.97 Å². The first-order chi connectivity index (χ1) is 20.0. The summed E-state index contributed by atoms with van der Waals surface area (Å²) >= 11 is 1.48. The van der Waals surface area contributed by atoms with Crippen molar-refractivity contribution in [2.75, 3.05) is 12.4 Å². The molecule has 41 heavy (non-hydrogen) atoms. The Morgan fingerprint density at radius 1 is 0.951 bits per heavy atom. The van der Waals surface area contributed by atoms with Gasteiger partial charge in [-0.2, -0.15) is 0 Å². The number of aryl methyl sites for hydroxylation is 1. The number of rotatable bonds is 8. The average Bonchev–Trinajstić information content (AvgIpc) is 2.99. The maximum atomic E-state index is 13.6. The van der Waals surface area contributed by atoms with E-state index in [0.29, 0.717) is 52.4 Å². The van der Waals surface area contributed by atoms with Crippen molar-refractivity contribution in [2.45, 2.75) is 49.6 Å². The van der Waals surface area contributed by atoms with Crippen LogP contribution in [-0.2, 0) is 17.2 Å². The fraction of sp³-hybridized carbons (Fsp3) is 0.242. The molecule has 0 radical (unpaired) electrons. The molecule has 1 aliphatic heterocycles. The van der Waals surface area contributed by atoms with Crippen molar-refractivity contribution in [2.24, 2.45) is 0 Å². The van der Waals surface area contributed by atoms with Gasteiger partial charge in [0.1, 0.15) is 12.4 Å². The van der Waals surface area contributed by atoms with E-state index in [2.05, 4.69) is 41.5 Å². The lowest BCUT2D eigenvalue weighted by Crippen LogP contribution is -2.32. The van der Waals surface area contributed by atoms with Crippen LogP contribution in [0, 0.1) is 6.92 Å². The topological polar surface area (TPSA) is 93.3 Å². The Morgan fingerprint density at radius 3 is 2.54 bits per heavy atom. The van der Waals surface area contributed by atoms with Crippen molar-refractivity contribution >= 4 is 23.4 Å². The monoisotopic (exact) mass is 565 g/mol. The number of anilines is 1. The molecule has 208 valence electrons. The summed E-state index contributed by atoms with van der Waals surface area (Å²) in [5, 5.41) is 3.89. The van der Waals surface area contributed by atoms with Crippen LogP contribution in [0.25, 0.3) is 0 Å². The number of nitrogens with zero attached hydrogens (tertiary/aromatic N) is 1. The van der Waals surface area contributed by atoms with E-state index < -0.39 is 5.92 Å². The van der Waals surface area contributed by atoms with Gasteiger partial charge in [-0.3, -0.25) is 9.59 Å². The molecular weight excluding hydrogens is 534 g/mol. The van der Waals surface area contributed by atoms with Crippen LogP contribution in [0.3, 0.4) is 0 Å². The van der Waals surface area contributed by atoms with Gasteiger partial charge in [0.05, 0.1) is 12.7 Å². The number of ether oxygens (including phenoxy) is 2. The van der Waals surface area contributed by atoms with Gasteiger partial charge in [-0.25, -0.2) is 4.98 Å². The van der Waals surface area contributed by atoms with E-state index in [1.807, 2.05) is 48.5 Å². The minimum absolute atomic E-state index is 0.0509. The minimum Gasteiger partial charge on any atom is -0.493 e. The van der Waals surface area contributed by atoms with Crippen LogP contribution in [0.4, 0.5) is 5.82 Å². The lowest BCUT2D eigenvalue weighted by molar-refractivity contribution is -0.116. The number of thioether (sulfide) groups is 1. The highest BCUT2D eigenvalue weighted by molar-refractivity contribution is 7.98. The standard InChI is InChI=1S/C33H31N3O4S/c1-20-11-13-22(14-12-20)19-41-33-35-31-30(32(38)36-33)28(29-24(34-31)9-6-10-25(29)37)23-15-16-26(27(17-23)39-2)40-18-21-7-4-3-5-8-21/h3-5,7-8,11-17,28H,6,9-10,18-19H2,1-2H3,(H2,34,35,36,38). The largest absolute Gasteiger partial charge is 0.493 e. The molecule has 6 rings (SSSR count). The quantitative estimate of drug-likeness (QED) is 0.186. The first kappa shape index (κ1) is 26.9. The Balaban J connectivity index is 1.35. The van der Waals surface area contributed by atoms with Crippen LogP contribution >= 0.6 is 11.8 Å². The smallest absolute Gasteiger partial charge is 0.257 e. The molecule has 7 nitrogen and oxygen atoms in total. The molecule has 0 fully saturated rings. The lowest BCUT2D eigenvalue weighted by atomic mass is 9.76. The Morgan fingerprint density at radius 2 is 1.76 bits per heavy atom. The third kappa shape index (κ3) is 5.65. The van der Waals surface area contributed by atoms with E-state index in [-0.39, 0.29) is 11.3 Å². The average molecular weight is 566 g/mol. The number of aromatic amines is 1. The summed E-state index contributed by atoms with van der Waals surface area (Å²) in [5.41, 5.74) is 5.84. The number of aromatic nitrogens is 2. The molecule has 0 amide bonds. The number of benzene rings is 3. The fourth-order valence-electron chi connectivity index (χ4n) is 5.40. The Hall–Kier alpha value is -4.30. The van der Waals surface area contributed by atoms with Crippen LogP contribution in [0.2, 0.25) is 0 Å². The molecule has 1 atom stereocenters. The number of hydrogen-bond acceptors (Lipinski definition) is 7. The molecule has 3 aromatic carbocycles. The molecule has 1 aliphatic carbocycles. The summed E-state index contributed by atoms with van der Waals surface area (Å²) in [5.74, 6) is 1.81. The van der Waals surface area contributed by atoms with Crippen molar-refractivity contribution in [3.05, 3.63) is 122 Å². The van der Waals surface area contributed by atoms with Crippen LogP contribution in [0.5, 0.6) is 11.5 Å². The highest BCUT2D eigenvalue weighted by atomic mass is 32.2. The van der Waals surface area contributed by atoms with E-state index in [4.69, 9.17) is 14.5 Å². The first-order valence-corrected chi connectivity index (χ1v) is 14.7. The number of allylic oxidation sites excluding steroid dienone is 2. The number of carbonyl (C=O) groups is 1. The summed E-state index contributed by atoms with van der Waals surface area (Å²) in [4.78, 5) is 34.7. The second-order valence-corrected chi connectivity index (χ2v) is 11.3. The van der Waals surface area contributed by atoms with E-state index >= 15 is 0 Å². The van der Waals surface area contributed by atoms with E-state index in [1.165, 1.54) is 17.3 Å². The van der Waals surface area contributed by atoms with Gasteiger partial charge in [-0.05, 0) is 48.6 Å². The number of hydrogen-bond donors (Lipinski definition) is 2. The number of fused-ring (bicyclic) bond motifs is 1. The SMILES string of the molecule is COc1cc(C2C3=C(CCCC3=O)Nc3nc(SCc4ccc(C)cc4)[nH]c(=O)c32)ccc1OCc1ccccc1. The van der Waals surface area contributed by atoms with Crippen molar-refractivity contribution in [3.8, 4) is 11.5 Å². The van der Waals surface area contributed by atoms with Gasteiger partial charge < -0.3 is 19.8 Å². The van der Waals surface area contributed by atoms with Crippen LogP contribution in [0.1, 0.15) is 53.0 Å². The molecule has 2 aliphatic rings. The highest BCUT2D eigenvalue weighted by Gasteiger charge is 2.38. The highest BCUT2D eigenvalue weighted by Crippen LogP contribution is 2.45. The van der Waals surface area contributed by atoms with Gasteiger partial charge in [-0.1, -0.05) is 78.0 Å². The summed E-state index contributed by atoms with van der Waals surface area (Å²) < 4.78 is 11.8. The summed E-state index contributed by atoms with van der Waals surface area (Å²) in [6.45, 7) is 2.45. The second-order valence-electron chi connectivity index (χ2n) is 10.3. The van der Waals surface area contributed by atoms with Crippen LogP contribution < -0.4 is 20.3 Å². The Kier molecular flexibility index (Phi) is 7.65. The van der Waals surface area contributed by atoms with Gasteiger partial charge >= 0.3 is 0 Å². The third-order valence-corrected chi connectivity index (χ3v) is 8.44. The fourth-order valence-corrected chi connectivity index (χ4v) is 6.21. The molecule has 0 bridgehead atoms. The number of carbonyl (C=O) groups excluding carboxylic acids is 1. The molecule has 1 unspecified atom stereocenters. The molecule has 2 heterocycles. The number of ketones is 1. The molecule has 0 spiro atoms. The zero-order chi connectivity index (χ0) is 28.3. The maximum Gasteiger partial charge on any atom is 0.257 e. The molecule has 2 N–H and O–H groups in total. The first-order valence-electron chi connectivity index (χ1n) is 13.7. The predicted octanol–water partition coefficient (Wildman–Crippen LogP) is 6.52. The summed E-state index contributed by atoms with van der Waals surface area (Å²) in [7, 11) is 1.59. The molecule has 4 aromatic rings. The van der Waals surface area contributed by atoms with Gasteiger partial charge in [-0.15, -0.1) is 0 Å². The van der Waals surface area contributed by atoms with Crippen molar-refractivity contribution in [1.29, 1.82) is 0 Å². The minimum atomic E-state index is -0.557. The van der Waals surface area contributed by atoms with Gasteiger partial charge in [0.2, 0.25) is 0 Å². The van der Waals surface area contributed by atoms with Crippen molar-refractivity contribution < 1.29 is 14.3 Å². The van der Waals surface area contributed by atoms with Gasteiger partial charge in [0.15, 0.2) is 22.4 Å². The molecule has 8 heteroatoms.